The Morgan fingerprint density at radius 1 is 1.26 bits per heavy atom. The highest BCUT2D eigenvalue weighted by Gasteiger charge is 2.10. The third-order valence-electron chi connectivity index (χ3n) is 3.25. The second-order valence-electron chi connectivity index (χ2n) is 4.64. The van der Waals surface area contributed by atoms with Crippen molar-refractivity contribution in [1.82, 2.24) is 14.5 Å². The van der Waals surface area contributed by atoms with Crippen molar-refractivity contribution in [3.05, 3.63) is 47.0 Å². The van der Waals surface area contributed by atoms with E-state index in [2.05, 4.69) is 9.97 Å². The van der Waals surface area contributed by atoms with Gasteiger partial charge in [0.05, 0.1) is 6.20 Å². The standard InChI is InChI=1S/C15H14N4O2S.ClH/c1-19-13(20)8-18-14-11(5-6-17-15(14)19)21-9-3-4-10(16)12(7-9)22-2;/h3-8H,16H2,1-2H3;1H. The molecule has 0 radical (unpaired) electrons. The number of thioether (sulfide) groups is 1. The zero-order valence-corrected chi connectivity index (χ0v) is 14.1. The summed E-state index contributed by atoms with van der Waals surface area (Å²) >= 11 is 1.55. The summed E-state index contributed by atoms with van der Waals surface area (Å²) in [6.45, 7) is 0. The molecule has 0 amide bonds. The van der Waals surface area contributed by atoms with E-state index in [1.807, 2.05) is 12.3 Å². The molecule has 0 aliphatic carbocycles. The van der Waals surface area contributed by atoms with Gasteiger partial charge in [-0.15, -0.1) is 24.2 Å². The number of nitrogens with two attached hydrogens (primary N) is 1. The maximum absolute atomic E-state index is 11.6. The van der Waals surface area contributed by atoms with Gasteiger partial charge in [-0.25, -0.2) is 9.97 Å². The summed E-state index contributed by atoms with van der Waals surface area (Å²) in [7, 11) is 1.65. The van der Waals surface area contributed by atoms with Crippen molar-refractivity contribution >= 4 is 41.0 Å². The van der Waals surface area contributed by atoms with E-state index in [1.165, 1.54) is 10.8 Å². The summed E-state index contributed by atoms with van der Waals surface area (Å²) in [6.07, 6.45) is 4.80. The minimum Gasteiger partial charge on any atom is -0.455 e. The molecule has 120 valence electrons. The van der Waals surface area contributed by atoms with Crippen molar-refractivity contribution in [3.63, 3.8) is 0 Å². The van der Waals surface area contributed by atoms with E-state index < -0.39 is 0 Å². The minimum absolute atomic E-state index is 0. The Balaban J connectivity index is 0.00000192. The van der Waals surface area contributed by atoms with Gasteiger partial charge in [0.25, 0.3) is 5.56 Å². The normalized spacial score (nSPS) is 10.3. The smallest absolute Gasteiger partial charge is 0.270 e. The van der Waals surface area contributed by atoms with Crippen molar-refractivity contribution in [3.8, 4) is 11.5 Å². The molecular formula is C15H15ClN4O2S. The molecule has 0 saturated heterocycles. The Morgan fingerprint density at radius 3 is 2.78 bits per heavy atom. The van der Waals surface area contributed by atoms with Crippen LogP contribution in [0.2, 0.25) is 0 Å². The number of halogens is 1. The van der Waals surface area contributed by atoms with Crippen LogP contribution >= 0.6 is 24.2 Å². The summed E-state index contributed by atoms with van der Waals surface area (Å²) in [5.41, 5.74) is 7.39. The average Bonchev–Trinajstić information content (AvgIpc) is 2.53. The van der Waals surface area contributed by atoms with Crippen LogP contribution in [0.3, 0.4) is 0 Å². The number of ether oxygens (including phenoxy) is 1. The Labute approximate surface area is 143 Å². The lowest BCUT2D eigenvalue weighted by atomic mass is 10.3. The van der Waals surface area contributed by atoms with Crippen molar-refractivity contribution < 1.29 is 4.74 Å². The quantitative estimate of drug-likeness (QED) is 0.577. The Hall–Kier alpha value is -2.25. The van der Waals surface area contributed by atoms with Crippen molar-refractivity contribution in [2.75, 3.05) is 12.0 Å². The molecule has 6 nitrogen and oxygen atoms in total. The lowest BCUT2D eigenvalue weighted by Crippen LogP contribution is -2.17. The van der Waals surface area contributed by atoms with Gasteiger partial charge < -0.3 is 10.5 Å². The first-order chi connectivity index (χ1) is 10.6. The first kappa shape index (κ1) is 17.1. The molecule has 3 rings (SSSR count). The van der Waals surface area contributed by atoms with Crippen LogP contribution in [0, 0.1) is 0 Å². The fourth-order valence-corrected chi connectivity index (χ4v) is 2.61. The van der Waals surface area contributed by atoms with Crippen LogP contribution in [0.1, 0.15) is 0 Å². The number of hydrogen-bond acceptors (Lipinski definition) is 6. The van der Waals surface area contributed by atoms with Crippen molar-refractivity contribution in [2.45, 2.75) is 4.90 Å². The van der Waals surface area contributed by atoms with E-state index in [-0.39, 0.29) is 18.0 Å². The molecular weight excluding hydrogens is 336 g/mol. The number of anilines is 1. The lowest BCUT2D eigenvalue weighted by molar-refractivity contribution is 0.485. The molecule has 2 aromatic heterocycles. The molecule has 2 N–H and O–H groups in total. The third kappa shape index (κ3) is 3.25. The monoisotopic (exact) mass is 350 g/mol. The van der Waals surface area contributed by atoms with Crippen LogP contribution < -0.4 is 16.0 Å². The molecule has 23 heavy (non-hydrogen) atoms. The number of pyridine rings is 1. The number of aromatic nitrogens is 3. The molecule has 2 heterocycles. The fraction of sp³-hybridized carbons (Fsp3) is 0.133. The number of hydrogen-bond donors (Lipinski definition) is 1. The second-order valence-corrected chi connectivity index (χ2v) is 5.49. The molecule has 0 bridgehead atoms. The topological polar surface area (TPSA) is 83.0 Å². The van der Waals surface area contributed by atoms with E-state index in [0.29, 0.717) is 28.4 Å². The molecule has 3 aromatic rings. The van der Waals surface area contributed by atoms with Crippen LogP contribution in [-0.4, -0.2) is 20.8 Å². The number of fused-ring (bicyclic) bond motifs is 1. The molecule has 8 heteroatoms. The summed E-state index contributed by atoms with van der Waals surface area (Å²) in [6, 6.07) is 7.18. The van der Waals surface area contributed by atoms with Gasteiger partial charge >= 0.3 is 0 Å². The summed E-state index contributed by atoms with van der Waals surface area (Å²) in [4.78, 5) is 20.9. The van der Waals surface area contributed by atoms with Gasteiger partial charge in [-0.3, -0.25) is 9.36 Å². The molecule has 0 aliphatic rings. The van der Waals surface area contributed by atoms with Crippen molar-refractivity contribution in [2.24, 2.45) is 7.05 Å². The van der Waals surface area contributed by atoms with Crippen LogP contribution in [0.25, 0.3) is 11.2 Å². The van der Waals surface area contributed by atoms with Gasteiger partial charge in [-0.2, -0.15) is 0 Å². The van der Waals surface area contributed by atoms with Gasteiger partial charge in [0.15, 0.2) is 11.4 Å². The lowest BCUT2D eigenvalue weighted by Gasteiger charge is -2.11. The fourth-order valence-electron chi connectivity index (χ4n) is 2.07. The van der Waals surface area contributed by atoms with Gasteiger partial charge in [0.2, 0.25) is 0 Å². The molecule has 0 fully saturated rings. The third-order valence-corrected chi connectivity index (χ3v) is 4.05. The summed E-state index contributed by atoms with van der Waals surface area (Å²) in [5, 5.41) is 0. The van der Waals surface area contributed by atoms with Gasteiger partial charge in [-0.05, 0) is 24.5 Å². The zero-order chi connectivity index (χ0) is 15.7. The highest BCUT2D eigenvalue weighted by atomic mass is 35.5. The number of aryl methyl sites for hydroxylation is 1. The predicted molar refractivity (Wildman–Crippen MR) is 94.7 cm³/mol. The Bertz CT molecular complexity index is 914. The van der Waals surface area contributed by atoms with Crippen LogP contribution in [0.15, 0.2) is 46.3 Å². The number of benzene rings is 1. The first-order valence-electron chi connectivity index (χ1n) is 6.52. The highest BCUT2D eigenvalue weighted by Crippen LogP contribution is 2.31. The highest BCUT2D eigenvalue weighted by molar-refractivity contribution is 7.98. The zero-order valence-electron chi connectivity index (χ0n) is 12.5. The van der Waals surface area contributed by atoms with E-state index in [4.69, 9.17) is 10.5 Å². The summed E-state index contributed by atoms with van der Waals surface area (Å²) < 4.78 is 7.33. The van der Waals surface area contributed by atoms with Gasteiger partial charge in [-0.1, -0.05) is 0 Å². The van der Waals surface area contributed by atoms with E-state index in [1.54, 1.807) is 43.2 Å². The Kier molecular flexibility index (Phi) is 5.12. The van der Waals surface area contributed by atoms with E-state index in [0.717, 1.165) is 4.90 Å². The molecule has 0 atom stereocenters. The Morgan fingerprint density at radius 2 is 2.04 bits per heavy atom. The maximum Gasteiger partial charge on any atom is 0.270 e. The molecule has 0 unspecified atom stereocenters. The largest absolute Gasteiger partial charge is 0.455 e. The SMILES string of the molecule is CSc1cc(Oc2ccnc3c2ncc(=O)n3C)ccc1N.Cl. The molecule has 0 aliphatic heterocycles. The maximum atomic E-state index is 11.6. The number of rotatable bonds is 3. The average molecular weight is 351 g/mol. The molecule has 1 aromatic carbocycles. The predicted octanol–water partition coefficient (Wildman–Crippen LogP) is 2.85. The van der Waals surface area contributed by atoms with Crippen molar-refractivity contribution in [1.29, 1.82) is 0 Å². The van der Waals surface area contributed by atoms with E-state index in [9.17, 15) is 4.79 Å². The van der Waals surface area contributed by atoms with E-state index >= 15 is 0 Å². The van der Waals surface area contributed by atoms with Gasteiger partial charge in [0.1, 0.15) is 11.3 Å². The minimum atomic E-state index is -0.214. The number of nitrogen functional groups attached to an aromatic ring is 1. The summed E-state index contributed by atoms with van der Waals surface area (Å²) in [5.74, 6) is 1.19. The van der Waals surface area contributed by atoms with Crippen LogP contribution in [-0.2, 0) is 7.05 Å². The second kappa shape index (κ2) is 6.89. The molecule has 0 saturated carbocycles. The van der Waals surface area contributed by atoms with Gasteiger partial charge in [0, 0.05) is 29.9 Å². The van der Waals surface area contributed by atoms with Crippen LogP contribution in [0.4, 0.5) is 5.69 Å². The molecule has 0 spiro atoms. The van der Waals surface area contributed by atoms with Crippen LogP contribution in [0.5, 0.6) is 11.5 Å². The number of nitrogens with zero attached hydrogens (tertiary/aromatic N) is 3. The first-order valence-corrected chi connectivity index (χ1v) is 7.74.